The summed E-state index contributed by atoms with van der Waals surface area (Å²) in [5.74, 6) is 0.294. The Labute approximate surface area is 101 Å². The summed E-state index contributed by atoms with van der Waals surface area (Å²) in [4.78, 5) is 4.61. The van der Waals surface area contributed by atoms with Crippen LogP contribution in [0.3, 0.4) is 0 Å². The molecule has 4 nitrogen and oxygen atoms in total. The lowest BCUT2D eigenvalue weighted by molar-refractivity contribution is 0.264. The third kappa shape index (κ3) is 2.06. The molecule has 2 heterocycles. The van der Waals surface area contributed by atoms with Gasteiger partial charge in [0.05, 0.1) is 24.0 Å². The Hall–Kier alpha value is -1.39. The van der Waals surface area contributed by atoms with Crippen molar-refractivity contribution in [1.29, 1.82) is 0 Å². The van der Waals surface area contributed by atoms with Crippen LogP contribution in [-0.4, -0.2) is 21.1 Å². The van der Waals surface area contributed by atoms with Crippen LogP contribution < -0.4 is 5.73 Å². The third-order valence-corrected chi connectivity index (χ3v) is 2.94. The second kappa shape index (κ2) is 4.47. The molecular weight excluding hydrogens is 214 g/mol. The first-order chi connectivity index (χ1) is 8.04. The summed E-state index contributed by atoms with van der Waals surface area (Å²) < 4.78 is 1.98. The summed E-state index contributed by atoms with van der Waals surface area (Å²) in [7, 11) is 0. The van der Waals surface area contributed by atoms with Crippen LogP contribution in [0.2, 0.25) is 0 Å². The first-order valence-electron chi connectivity index (χ1n) is 5.89. The summed E-state index contributed by atoms with van der Waals surface area (Å²) >= 11 is 0. The van der Waals surface area contributed by atoms with Gasteiger partial charge in [0.2, 0.25) is 0 Å². The van der Waals surface area contributed by atoms with E-state index in [2.05, 4.69) is 18.8 Å². The fourth-order valence-corrected chi connectivity index (χ4v) is 2.06. The van der Waals surface area contributed by atoms with Crippen LogP contribution in [-0.2, 0) is 0 Å². The fraction of sp³-hybridized carbons (Fsp3) is 0.462. The minimum Gasteiger partial charge on any atom is -0.394 e. The van der Waals surface area contributed by atoms with E-state index in [1.165, 1.54) is 5.56 Å². The topological polar surface area (TPSA) is 63.5 Å². The normalized spacial score (nSPS) is 13.5. The number of rotatable bonds is 3. The summed E-state index contributed by atoms with van der Waals surface area (Å²) in [6.07, 6.45) is 1.97. The Kier molecular flexibility index (Phi) is 3.17. The van der Waals surface area contributed by atoms with E-state index in [1.54, 1.807) is 0 Å². The third-order valence-electron chi connectivity index (χ3n) is 2.94. The fourth-order valence-electron chi connectivity index (χ4n) is 2.06. The zero-order chi connectivity index (χ0) is 12.6. The zero-order valence-corrected chi connectivity index (χ0v) is 10.5. The molecule has 0 radical (unpaired) electrons. The number of nitrogens with two attached hydrogens (primary N) is 1. The Morgan fingerprint density at radius 1 is 1.47 bits per heavy atom. The van der Waals surface area contributed by atoms with Crippen LogP contribution in [0.15, 0.2) is 18.3 Å². The Morgan fingerprint density at radius 2 is 2.18 bits per heavy atom. The molecule has 4 heteroatoms. The van der Waals surface area contributed by atoms with Gasteiger partial charge < -0.3 is 15.2 Å². The van der Waals surface area contributed by atoms with Crippen LogP contribution in [0.1, 0.15) is 42.8 Å². The van der Waals surface area contributed by atoms with Crippen molar-refractivity contribution < 1.29 is 5.11 Å². The maximum Gasteiger partial charge on any atom is 0.137 e. The molecule has 0 saturated heterocycles. The summed E-state index contributed by atoms with van der Waals surface area (Å²) in [6.45, 7) is 6.14. The monoisotopic (exact) mass is 233 g/mol. The van der Waals surface area contributed by atoms with E-state index in [0.717, 1.165) is 17.0 Å². The lowest BCUT2D eigenvalue weighted by atomic mass is 10.0. The highest BCUT2D eigenvalue weighted by Crippen LogP contribution is 2.25. The van der Waals surface area contributed by atoms with Crippen LogP contribution in [0.5, 0.6) is 0 Å². The number of imidazole rings is 1. The zero-order valence-electron chi connectivity index (χ0n) is 10.5. The maximum absolute atomic E-state index is 9.26. The van der Waals surface area contributed by atoms with Crippen LogP contribution >= 0.6 is 0 Å². The van der Waals surface area contributed by atoms with E-state index in [4.69, 9.17) is 5.73 Å². The second-order valence-corrected chi connectivity index (χ2v) is 4.76. The second-order valence-electron chi connectivity index (χ2n) is 4.76. The molecule has 17 heavy (non-hydrogen) atoms. The largest absolute Gasteiger partial charge is 0.394 e. The summed E-state index contributed by atoms with van der Waals surface area (Å²) in [5, 5.41) is 9.26. The van der Waals surface area contributed by atoms with Crippen molar-refractivity contribution in [2.24, 2.45) is 5.73 Å². The van der Waals surface area contributed by atoms with E-state index in [0.29, 0.717) is 5.92 Å². The number of hydrogen-bond acceptors (Lipinski definition) is 3. The molecule has 0 spiro atoms. The molecule has 0 aliphatic heterocycles. The standard InChI is InChI=1S/C13H19N3O/c1-8(2)12-13(10(14)7-17)16-5-4-9(3)6-11(16)15-12/h4-6,8,10,17H,7,14H2,1-3H3. The predicted molar refractivity (Wildman–Crippen MR) is 68.0 cm³/mol. The number of aryl methyl sites for hydroxylation is 1. The lowest BCUT2D eigenvalue weighted by Crippen LogP contribution is -2.18. The molecule has 92 valence electrons. The molecule has 2 rings (SSSR count). The number of aromatic nitrogens is 2. The summed E-state index contributed by atoms with van der Waals surface area (Å²) in [6, 6.07) is 3.66. The van der Waals surface area contributed by atoms with Gasteiger partial charge in [-0.15, -0.1) is 0 Å². The number of nitrogens with zero attached hydrogens (tertiary/aromatic N) is 2. The van der Waals surface area contributed by atoms with Gasteiger partial charge in [0.15, 0.2) is 0 Å². The Bertz CT molecular complexity index is 531. The molecule has 1 unspecified atom stereocenters. The van der Waals surface area contributed by atoms with Gasteiger partial charge in [0.1, 0.15) is 5.65 Å². The highest BCUT2D eigenvalue weighted by molar-refractivity contribution is 5.47. The van der Waals surface area contributed by atoms with E-state index in [1.807, 2.05) is 29.7 Å². The number of aliphatic hydroxyl groups is 1. The molecular formula is C13H19N3O. The van der Waals surface area contributed by atoms with Crippen molar-refractivity contribution in [3.63, 3.8) is 0 Å². The molecule has 0 amide bonds. The van der Waals surface area contributed by atoms with Gasteiger partial charge in [-0.1, -0.05) is 13.8 Å². The molecule has 0 bridgehead atoms. The lowest BCUT2D eigenvalue weighted by Gasteiger charge is -2.12. The van der Waals surface area contributed by atoms with E-state index in [9.17, 15) is 5.11 Å². The highest BCUT2D eigenvalue weighted by Gasteiger charge is 2.19. The van der Waals surface area contributed by atoms with Gasteiger partial charge in [0.25, 0.3) is 0 Å². The number of fused-ring (bicyclic) bond motifs is 1. The van der Waals surface area contributed by atoms with Gasteiger partial charge in [-0.2, -0.15) is 0 Å². The van der Waals surface area contributed by atoms with Gasteiger partial charge in [-0.25, -0.2) is 4.98 Å². The number of pyridine rings is 1. The van der Waals surface area contributed by atoms with Crippen molar-refractivity contribution >= 4 is 5.65 Å². The van der Waals surface area contributed by atoms with Crippen LogP contribution in [0.25, 0.3) is 5.65 Å². The van der Waals surface area contributed by atoms with Gasteiger partial charge in [0, 0.05) is 6.20 Å². The van der Waals surface area contributed by atoms with Crippen LogP contribution in [0, 0.1) is 6.92 Å². The molecule has 0 aromatic carbocycles. The van der Waals surface area contributed by atoms with E-state index >= 15 is 0 Å². The Morgan fingerprint density at radius 3 is 2.76 bits per heavy atom. The number of hydrogen-bond donors (Lipinski definition) is 2. The SMILES string of the molecule is Cc1ccn2c(C(N)CO)c(C(C)C)nc2c1. The molecule has 0 saturated carbocycles. The minimum atomic E-state index is -0.384. The average molecular weight is 233 g/mol. The first kappa shape index (κ1) is 12.1. The minimum absolute atomic E-state index is 0.0681. The maximum atomic E-state index is 9.26. The Balaban J connectivity index is 2.71. The first-order valence-corrected chi connectivity index (χ1v) is 5.89. The quantitative estimate of drug-likeness (QED) is 0.849. The molecule has 2 aromatic rings. The van der Waals surface area contributed by atoms with Crippen molar-refractivity contribution in [3.8, 4) is 0 Å². The smallest absolute Gasteiger partial charge is 0.137 e. The molecule has 0 aliphatic rings. The van der Waals surface area contributed by atoms with Gasteiger partial charge >= 0.3 is 0 Å². The molecule has 0 fully saturated rings. The van der Waals surface area contributed by atoms with E-state index in [-0.39, 0.29) is 12.6 Å². The molecule has 3 N–H and O–H groups in total. The summed E-state index contributed by atoms with van der Waals surface area (Å²) in [5.41, 5.74) is 9.92. The van der Waals surface area contributed by atoms with Gasteiger partial charge in [-0.3, -0.25) is 0 Å². The van der Waals surface area contributed by atoms with E-state index < -0.39 is 0 Å². The van der Waals surface area contributed by atoms with Gasteiger partial charge in [-0.05, 0) is 30.5 Å². The molecule has 2 aromatic heterocycles. The molecule has 0 aliphatic carbocycles. The number of aliphatic hydroxyl groups excluding tert-OH is 1. The predicted octanol–water partition coefficient (Wildman–Crippen LogP) is 1.76. The van der Waals surface area contributed by atoms with Crippen molar-refractivity contribution in [2.45, 2.75) is 32.7 Å². The highest BCUT2D eigenvalue weighted by atomic mass is 16.3. The molecule has 1 atom stereocenters. The van der Waals surface area contributed by atoms with Crippen LogP contribution in [0.4, 0.5) is 0 Å². The van der Waals surface area contributed by atoms with Crippen molar-refractivity contribution in [3.05, 3.63) is 35.3 Å². The van der Waals surface area contributed by atoms with Crippen molar-refractivity contribution in [1.82, 2.24) is 9.38 Å². The average Bonchev–Trinajstić information content (AvgIpc) is 2.66. The van der Waals surface area contributed by atoms with Crippen molar-refractivity contribution in [2.75, 3.05) is 6.61 Å².